The van der Waals surface area contributed by atoms with Crippen molar-refractivity contribution in [2.45, 2.75) is 0 Å². The average molecular weight is 443 g/mol. The maximum absolute atomic E-state index is 12.8. The lowest BCUT2D eigenvalue weighted by Crippen LogP contribution is -2.27. The molecule has 2 aromatic carbocycles. The van der Waals surface area contributed by atoms with Crippen molar-refractivity contribution in [3.05, 3.63) is 86.5 Å². The first kappa shape index (κ1) is 19.4. The van der Waals surface area contributed by atoms with Crippen LogP contribution in [0.2, 0.25) is 5.02 Å². The third kappa shape index (κ3) is 3.82. The molecule has 6 nitrogen and oxygen atoms in total. The van der Waals surface area contributed by atoms with Gasteiger partial charge in [-0.15, -0.1) is 0 Å². The van der Waals surface area contributed by atoms with Gasteiger partial charge in [0.1, 0.15) is 16.5 Å². The molecule has 2 heterocycles. The van der Waals surface area contributed by atoms with E-state index >= 15 is 0 Å². The second-order valence-electron chi connectivity index (χ2n) is 5.98. The standard InChI is InChI=1S/C20H11ClN2O4S2/c21-15-10-12(6-8-16(15)23(25)26)17-9-7-14(27-17)11-18-19(24)22(20(28)29-18)13-4-2-1-3-5-13/h1-11H/b18-11+. The number of hydrogen-bond donors (Lipinski definition) is 0. The van der Waals surface area contributed by atoms with E-state index in [2.05, 4.69) is 0 Å². The molecule has 0 radical (unpaired) electrons. The van der Waals surface area contributed by atoms with Gasteiger partial charge in [0, 0.05) is 17.7 Å². The Balaban J connectivity index is 1.60. The maximum Gasteiger partial charge on any atom is 0.287 e. The van der Waals surface area contributed by atoms with E-state index in [4.69, 9.17) is 28.2 Å². The number of nitrogens with zero attached hydrogens (tertiary/aromatic N) is 2. The van der Waals surface area contributed by atoms with Crippen LogP contribution in [-0.4, -0.2) is 15.2 Å². The number of furan rings is 1. The molecule has 0 aliphatic carbocycles. The van der Waals surface area contributed by atoms with Crippen molar-refractivity contribution in [3.63, 3.8) is 0 Å². The number of halogens is 1. The molecule has 0 atom stereocenters. The van der Waals surface area contributed by atoms with Gasteiger partial charge in [0.15, 0.2) is 4.32 Å². The Morgan fingerprint density at radius 3 is 2.59 bits per heavy atom. The van der Waals surface area contributed by atoms with Gasteiger partial charge in [-0.2, -0.15) is 0 Å². The van der Waals surface area contributed by atoms with Crippen molar-refractivity contribution >= 4 is 63.3 Å². The summed E-state index contributed by atoms with van der Waals surface area (Å²) in [5.41, 5.74) is 1.13. The van der Waals surface area contributed by atoms with Gasteiger partial charge < -0.3 is 4.42 Å². The number of carbonyl (C=O) groups excluding carboxylic acids is 1. The number of carbonyl (C=O) groups is 1. The number of amides is 1. The molecule has 0 unspecified atom stereocenters. The second kappa shape index (κ2) is 7.82. The summed E-state index contributed by atoms with van der Waals surface area (Å²) in [5.74, 6) is 0.720. The largest absolute Gasteiger partial charge is 0.457 e. The molecule has 1 saturated heterocycles. The molecular weight excluding hydrogens is 432 g/mol. The van der Waals surface area contributed by atoms with Gasteiger partial charge in [-0.1, -0.05) is 53.8 Å². The van der Waals surface area contributed by atoms with Gasteiger partial charge in [-0.3, -0.25) is 19.8 Å². The third-order valence-electron chi connectivity index (χ3n) is 4.14. The van der Waals surface area contributed by atoms with E-state index in [0.29, 0.717) is 32.0 Å². The van der Waals surface area contributed by atoms with Crippen LogP contribution < -0.4 is 4.90 Å². The molecule has 144 valence electrons. The lowest BCUT2D eigenvalue weighted by Gasteiger charge is -2.13. The van der Waals surface area contributed by atoms with Crippen molar-refractivity contribution < 1.29 is 14.1 Å². The zero-order chi connectivity index (χ0) is 20.5. The molecule has 1 aromatic heterocycles. The van der Waals surface area contributed by atoms with Crippen molar-refractivity contribution in [2.75, 3.05) is 4.90 Å². The SMILES string of the molecule is O=C1/C(=C\c2ccc(-c3ccc([N+](=O)[O-])c(Cl)c3)o2)SC(=S)N1c1ccccc1. The summed E-state index contributed by atoms with van der Waals surface area (Å²) in [6.07, 6.45) is 1.62. The number of rotatable bonds is 4. The van der Waals surface area contributed by atoms with Crippen LogP contribution in [0, 0.1) is 10.1 Å². The lowest BCUT2D eigenvalue weighted by atomic mass is 10.1. The van der Waals surface area contributed by atoms with Gasteiger partial charge in [0.25, 0.3) is 11.6 Å². The number of thiocarbonyl (C=S) groups is 1. The summed E-state index contributed by atoms with van der Waals surface area (Å²) in [5, 5.41) is 10.9. The van der Waals surface area contributed by atoms with Crippen molar-refractivity contribution in [2.24, 2.45) is 0 Å². The monoisotopic (exact) mass is 442 g/mol. The molecule has 0 spiro atoms. The number of nitro benzene ring substituents is 1. The number of benzene rings is 2. The summed E-state index contributed by atoms with van der Waals surface area (Å²) >= 11 is 12.5. The van der Waals surface area contributed by atoms with E-state index in [1.54, 1.807) is 24.3 Å². The predicted octanol–water partition coefficient (Wildman–Crippen LogP) is 5.91. The van der Waals surface area contributed by atoms with Crippen LogP contribution in [0.4, 0.5) is 11.4 Å². The molecule has 1 aliphatic heterocycles. The van der Waals surface area contributed by atoms with Crippen LogP contribution >= 0.6 is 35.6 Å². The number of nitro groups is 1. The first-order valence-electron chi connectivity index (χ1n) is 8.31. The van der Waals surface area contributed by atoms with Gasteiger partial charge in [-0.05, 0) is 36.4 Å². The maximum atomic E-state index is 12.8. The Morgan fingerprint density at radius 2 is 1.90 bits per heavy atom. The number of para-hydroxylation sites is 1. The molecule has 4 rings (SSSR count). The fourth-order valence-electron chi connectivity index (χ4n) is 2.79. The van der Waals surface area contributed by atoms with Crippen LogP contribution in [0.15, 0.2) is 70.0 Å². The van der Waals surface area contributed by atoms with Gasteiger partial charge in [-0.25, -0.2) is 0 Å². The fraction of sp³-hybridized carbons (Fsp3) is 0. The highest BCUT2D eigenvalue weighted by Crippen LogP contribution is 2.37. The molecule has 0 N–H and O–H groups in total. The smallest absolute Gasteiger partial charge is 0.287 e. The Kier molecular flexibility index (Phi) is 5.23. The van der Waals surface area contributed by atoms with Crippen LogP contribution in [0.1, 0.15) is 5.76 Å². The first-order chi connectivity index (χ1) is 13.9. The summed E-state index contributed by atoms with van der Waals surface area (Å²) in [4.78, 5) is 25.0. The highest BCUT2D eigenvalue weighted by atomic mass is 35.5. The number of thioether (sulfide) groups is 1. The van der Waals surface area contributed by atoms with E-state index in [1.807, 2.05) is 30.3 Å². The second-order valence-corrected chi connectivity index (χ2v) is 8.06. The number of hydrogen-bond acceptors (Lipinski definition) is 6. The normalized spacial score (nSPS) is 15.3. The molecule has 9 heteroatoms. The lowest BCUT2D eigenvalue weighted by molar-refractivity contribution is -0.384. The van der Waals surface area contributed by atoms with Gasteiger partial charge in [0.05, 0.1) is 15.5 Å². The van der Waals surface area contributed by atoms with E-state index in [9.17, 15) is 14.9 Å². The summed E-state index contributed by atoms with van der Waals surface area (Å²) in [6.45, 7) is 0. The third-order valence-corrected chi connectivity index (χ3v) is 5.74. The average Bonchev–Trinajstić information content (AvgIpc) is 3.27. The quantitative estimate of drug-likeness (QED) is 0.216. The predicted molar refractivity (Wildman–Crippen MR) is 118 cm³/mol. The number of anilines is 1. The zero-order valence-corrected chi connectivity index (χ0v) is 17.0. The van der Waals surface area contributed by atoms with Crippen LogP contribution in [-0.2, 0) is 4.79 Å². The van der Waals surface area contributed by atoms with Crippen molar-refractivity contribution in [3.8, 4) is 11.3 Å². The Labute approximate surface area is 179 Å². The summed E-state index contributed by atoms with van der Waals surface area (Å²) in [7, 11) is 0. The highest BCUT2D eigenvalue weighted by molar-refractivity contribution is 8.27. The first-order valence-corrected chi connectivity index (χ1v) is 9.91. The van der Waals surface area contributed by atoms with Crippen molar-refractivity contribution in [1.82, 2.24) is 0 Å². The zero-order valence-electron chi connectivity index (χ0n) is 14.6. The van der Waals surface area contributed by atoms with Crippen LogP contribution in [0.5, 0.6) is 0 Å². The minimum atomic E-state index is -0.547. The van der Waals surface area contributed by atoms with Crippen LogP contribution in [0.3, 0.4) is 0 Å². The molecule has 0 saturated carbocycles. The summed E-state index contributed by atoms with van der Waals surface area (Å²) < 4.78 is 6.22. The Bertz CT molecular complexity index is 1170. The van der Waals surface area contributed by atoms with Gasteiger partial charge >= 0.3 is 0 Å². The van der Waals surface area contributed by atoms with E-state index in [1.165, 1.54) is 28.8 Å². The fourth-order valence-corrected chi connectivity index (χ4v) is 4.32. The van der Waals surface area contributed by atoms with E-state index in [0.717, 1.165) is 0 Å². The molecule has 1 amide bonds. The molecule has 0 bridgehead atoms. The minimum absolute atomic E-state index is 0.0224. The minimum Gasteiger partial charge on any atom is -0.457 e. The van der Waals surface area contributed by atoms with E-state index in [-0.39, 0.29) is 16.6 Å². The topological polar surface area (TPSA) is 76.6 Å². The molecule has 29 heavy (non-hydrogen) atoms. The van der Waals surface area contributed by atoms with Crippen LogP contribution in [0.25, 0.3) is 17.4 Å². The molecule has 1 fully saturated rings. The summed E-state index contributed by atoms with van der Waals surface area (Å²) in [6, 6.07) is 16.9. The van der Waals surface area contributed by atoms with Crippen molar-refractivity contribution in [1.29, 1.82) is 0 Å². The van der Waals surface area contributed by atoms with E-state index < -0.39 is 4.92 Å². The molecular formula is C20H11ClN2O4S2. The Hall–Kier alpha value is -2.94. The molecule has 1 aliphatic rings. The molecule has 3 aromatic rings. The highest BCUT2D eigenvalue weighted by Gasteiger charge is 2.33. The Morgan fingerprint density at radius 1 is 1.14 bits per heavy atom. The van der Waals surface area contributed by atoms with Gasteiger partial charge in [0.2, 0.25) is 0 Å².